The molecular formula is C52H53N3O7. The lowest BCUT2D eigenvalue weighted by molar-refractivity contribution is -0.125. The predicted octanol–water partition coefficient (Wildman–Crippen LogP) is 9.37. The second-order valence-electron chi connectivity index (χ2n) is 15.9. The number of ether oxygens (including phenoxy) is 4. The van der Waals surface area contributed by atoms with Gasteiger partial charge in [0.2, 0.25) is 5.91 Å². The number of hydrogen-bond acceptors (Lipinski definition) is 7. The molecule has 0 fully saturated rings. The number of aryl methyl sites for hydroxylation is 2. The third kappa shape index (κ3) is 9.92. The van der Waals surface area contributed by atoms with Gasteiger partial charge in [0.25, 0.3) is 5.91 Å². The highest BCUT2D eigenvalue weighted by molar-refractivity contribution is 5.87. The molecule has 10 heteroatoms. The Bertz CT molecular complexity index is 2410. The zero-order valence-corrected chi connectivity index (χ0v) is 35.9. The molecule has 1 aliphatic rings. The van der Waals surface area contributed by atoms with E-state index in [9.17, 15) is 14.4 Å². The largest absolute Gasteiger partial charge is 0.497 e. The van der Waals surface area contributed by atoms with Gasteiger partial charge in [-0.25, -0.2) is 4.79 Å². The molecule has 7 rings (SSSR count). The summed E-state index contributed by atoms with van der Waals surface area (Å²) in [5, 5.41) is 9.14. The summed E-state index contributed by atoms with van der Waals surface area (Å²) in [6.07, 6.45) is -0.686. The van der Waals surface area contributed by atoms with E-state index in [1.807, 2.05) is 119 Å². The first-order chi connectivity index (χ1) is 30.0. The number of methoxy groups -OCH3 is 2. The Hall–Kier alpha value is -7.07. The van der Waals surface area contributed by atoms with Gasteiger partial charge in [0.1, 0.15) is 29.9 Å². The van der Waals surface area contributed by atoms with Crippen molar-refractivity contribution in [1.29, 1.82) is 0 Å². The van der Waals surface area contributed by atoms with E-state index in [-0.39, 0.29) is 37.0 Å². The lowest BCUT2D eigenvalue weighted by Crippen LogP contribution is -2.50. The van der Waals surface area contributed by atoms with Gasteiger partial charge in [0, 0.05) is 17.5 Å². The summed E-state index contributed by atoms with van der Waals surface area (Å²) in [5.41, 5.74) is 10.0. The van der Waals surface area contributed by atoms with Gasteiger partial charge in [0.15, 0.2) is 6.61 Å². The van der Waals surface area contributed by atoms with Crippen LogP contribution in [0.2, 0.25) is 0 Å². The Morgan fingerprint density at radius 2 is 1.13 bits per heavy atom. The second-order valence-corrected chi connectivity index (χ2v) is 15.9. The molecule has 0 saturated heterocycles. The van der Waals surface area contributed by atoms with Crippen LogP contribution in [0.1, 0.15) is 76.4 Å². The van der Waals surface area contributed by atoms with Crippen LogP contribution in [0.15, 0.2) is 140 Å². The maximum absolute atomic E-state index is 14.2. The van der Waals surface area contributed by atoms with Crippen molar-refractivity contribution in [3.8, 4) is 28.4 Å². The van der Waals surface area contributed by atoms with E-state index in [2.05, 4.69) is 40.2 Å². The quantitative estimate of drug-likeness (QED) is 0.0888. The maximum Gasteiger partial charge on any atom is 0.407 e. The minimum absolute atomic E-state index is 0.119. The van der Waals surface area contributed by atoms with E-state index in [0.717, 1.165) is 44.5 Å². The SMILES string of the molecule is COc1ccc(C(NC(=O)[C@H](NC(=O)OCC2c3ccccc3-c3ccccc32)C(C)C)c2ccc(OCC(=O)NC(c3ccc(C)cc3)c3ccc(C)cc3)cc2)c(OC)c1. The summed E-state index contributed by atoms with van der Waals surface area (Å²) in [7, 11) is 3.12. The molecule has 3 N–H and O–H groups in total. The van der Waals surface area contributed by atoms with Crippen LogP contribution in [0.3, 0.4) is 0 Å². The zero-order valence-electron chi connectivity index (χ0n) is 35.9. The topological polar surface area (TPSA) is 124 Å². The fourth-order valence-electron chi connectivity index (χ4n) is 7.92. The molecule has 0 heterocycles. The number of rotatable bonds is 16. The number of fused-ring (bicyclic) bond motifs is 3. The highest BCUT2D eigenvalue weighted by Gasteiger charge is 2.32. The highest BCUT2D eigenvalue weighted by Crippen LogP contribution is 2.44. The van der Waals surface area contributed by atoms with Gasteiger partial charge >= 0.3 is 6.09 Å². The van der Waals surface area contributed by atoms with Crippen molar-refractivity contribution in [1.82, 2.24) is 16.0 Å². The average Bonchev–Trinajstić information content (AvgIpc) is 3.61. The molecule has 0 aliphatic heterocycles. The van der Waals surface area contributed by atoms with Crippen LogP contribution in [-0.2, 0) is 14.3 Å². The molecule has 1 unspecified atom stereocenters. The van der Waals surface area contributed by atoms with Crippen LogP contribution < -0.4 is 30.2 Å². The summed E-state index contributed by atoms with van der Waals surface area (Å²) in [6, 6.07) is 43.0. The third-order valence-electron chi connectivity index (χ3n) is 11.3. The Morgan fingerprint density at radius 1 is 0.597 bits per heavy atom. The van der Waals surface area contributed by atoms with Crippen molar-refractivity contribution in [2.75, 3.05) is 27.4 Å². The molecule has 318 valence electrons. The van der Waals surface area contributed by atoms with Crippen molar-refractivity contribution in [2.45, 2.75) is 51.7 Å². The Balaban J connectivity index is 1.05. The van der Waals surface area contributed by atoms with Crippen molar-refractivity contribution in [2.24, 2.45) is 5.92 Å². The van der Waals surface area contributed by atoms with Gasteiger partial charge in [-0.1, -0.05) is 134 Å². The lowest BCUT2D eigenvalue weighted by Gasteiger charge is -2.27. The highest BCUT2D eigenvalue weighted by atomic mass is 16.5. The van der Waals surface area contributed by atoms with Crippen molar-refractivity contribution < 1.29 is 33.3 Å². The van der Waals surface area contributed by atoms with E-state index < -0.39 is 24.1 Å². The molecule has 0 bridgehead atoms. The van der Waals surface area contributed by atoms with E-state index >= 15 is 0 Å². The fraction of sp³-hybridized carbons (Fsp3) is 0.250. The van der Waals surface area contributed by atoms with Crippen LogP contribution in [0.4, 0.5) is 4.79 Å². The first-order valence-corrected chi connectivity index (χ1v) is 20.8. The van der Waals surface area contributed by atoms with Crippen molar-refractivity contribution in [3.63, 3.8) is 0 Å². The Kier molecular flexibility index (Phi) is 13.6. The fourth-order valence-corrected chi connectivity index (χ4v) is 7.92. The Morgan fingerprint density at radius 3 is 1.68 bits per heavy atom. The number of hydrogen-bond donors (Lipinski definition) is 3. The summed E-state index contributed by atoms with van der Waals surface area (Å²) >= 11 is 0. The van der Waals surface area contributed by atoms with Gasteiger partial charge < -0.3 is 34.9 Å². The molecular weight excluding hydrogens is 779 g/mol. The minimum atomic E-state index is -0.929. The number of carbonyl (C=O) groups excluding carboxylic acids is 3. The minimum Gasteiger partial charge on any atom is -0.497 e. The van der Waals surface area contributed by atoms with Crippen LogP contribution in [0, 0.1) is 19.8 Å². The normalized spacial score (nSPS) is 12.8. The van der Waals surface area contributed by atoms with Gasteiger partial charge in [-0.15, -0.1) is 0 Å². The standard InChI is InChI=1S/C52H53N3O7/c1-32(2)48(55-52(58)62-30-45-42-13-9-7-11-40(42)41-12-8-10-14-43(41)45)51(57)54-50(44-28-27-39(59-5)29-46(44)60-6)37-23-25-38(26-24-37)61-31-47(56)53-49(35-19-15-33(3)16-20-35)36-21-17-34(4)18-22-36/h7-29,32,45,48-50H,30-31H2,1-6H3,(H,53,56)(H,54,57)(H,55,58)/t48-,50?/m1/s1. The third-order valence-corrected chi connectivity index (χ3v) is 11.3. The summed E-state index contributed by atoms with van der Waals surface area (Å²) in [4.78, 5) is 41.0. The number of benzene rings is 6. The van der Waals surface area contributed by atoms with E-state index in [1.54, 1.807) is 38.5 Å². The van der Waals surface area contributed by atoms with Crippen LogP contribution >= 0.6 is 0 Å². The van der Waals surface area contributed by atoms with Crippen LogP contribution in [0.25, 0.3) is 11.1 Å². The maximum atomic E-state index is 14.2. The predicted molar refractivity (Wildman–Crippen MR) is 241 cm³/mol. The monoisotopic (exact) mass is 831 g/mol. The van der Waals surface area contributed by atoms with Gasteiger partial charge in [-0.3, -0.25) is 9.59 Å². The van der Waals surface area contributed by atoms with E-state index in [1.165, 1.54) is 0 Å². The van der Waals surface area contributed by atoms with Crippen LogP contribution in [-0.4, -0.2) is 51.4 Å². The van der Waals surface area contributed by atoms with Gasteiger partial charge in [-0.05, 0) is 83.0 Å². The smallest absolute Gasteiger partial charge is 0.407 e. The molecule has 2 atom stereocenters. The summed E-state index contributed by atoms with van der Waals surface area (Å²) in [5.74, 6) is 0.446. The molecule has 3 amide bonds. The van der Waals surface area contributed by atoms with E-state index in [0.29, 0.717) is 28.4 Å². The molecule has 0 aromatic heterocycles. The number of amides is 3. The van der Waals surface area contributed by atoms with Gasteiger partial charge in [-0.2, -0.15) is 0 Å². The van der Waals surface area contributed by atoms with Crippen LogP contribution in [0.5, 0.6) is 17.2 Å². The lowest BCUT2D eigenvalue weighted by atomic mass is 9.95. The molecule has 6 aromatic rings. The number of nitrogens with one attached hydrogen (secondary N) is 3. The molecule has 1 aliphatic carbocycles. The summed E-state index contributed by atoms with van der Waals surface area (Å²) < 4.78 is 23.1. The molecule has 6 aromatic carbocycles. The number of alkyl carbamates (subject to hydrolysis) is 1. The van der Waals surface area contributed by atoms with Crippen molar-refractivity contribution >= 4 is 17.9 Å². The molecule has 0 saturated carbocycles. The molecule has 0 spiro atoms. The second kappa shape index (κ2) is 19.5. The Labute approximate surface area is 363 Å². The van der Waals surface area contributed by atoms with E-state index in [4.69, 9.17) is 18.9 Å². The first kappa shape index (κ1) is 43.0. The number of carbonyl (C=O) groups is 3. The molecule has 0 radical (unpaired) electrons. The molecule has 10 nitrogen and oxygen atoms in total. The summed E-state index contributed by atoms with van der Waals surface area (Å²) in [6.45, 7) is 7.69. The first-order valence-electron chi connectivity index (χ1n) is 20.8. The zero-order chi connectivity index (χ0) is 43.8. The van der Waals surface area contributed by atoms with Gasteiger partial charge in [0.05, 0.1) is 26.3 Å². The molecule has 62 heavy (non-hydrogen) atoms. The average molecular weight is 832 g/mol. The van der Waals surface area contributed by atoms with Crippen molar-refractivity contribution in [3.05, 3.63) is 184 Å².